The van der Waals surface area contributed by atoms with Crippen molar-refractivity contribution in [3.8, 4) is 0 Å². The highest BCUT2D eigenvalue weighted by Crippen LogP contribution is 2.36. The first-order valence-corrected chi connectivity index (χ1v) is 4.58. The number of halogens is 3. The molecular weight excluding hydrogens is 223 g/mol. The Kier molecular flexibility index (Phi) is 2.49. The molecule has 1 heterocycles. The minimum atomic E-state index is -4.71. The third kappa shape index (κ3) is 1.82. The molecule has 1 aliphatic heterocycles. The van der Waals surface area contributed by atoms with E-state index in [-0.39, 0.29) is 11.5 Å². The summed E-state index contributed by atoms with van der Waals surface area (Å²) in [7, 11) is 0. The molecule has 1 amide bonds. The second kappa shape index (κ2) is 3.70. The molecule has 1 unspecified atom stereocenters. The van der Waals surface area contributed by atoms with Gasteiger partial charge in [-0.15, -0.1) is 13.2 Å². The summed E-state index contributed by atoms with van der Waals surface area (Å²) >= 11 is 0. The van der Waals surface area contributed by atoms with Crippen LogP contribution in [0, 0.1) is 0 Å². The predicted molar refractivity (Wildman–Crippen MR) is 48.4 cm³/mol. The summed E-state index contributed by atoms with van der Waals surface area (Å²) in [6, 6.07) is 6.91. The molecule has 1 aromatic carbocycles. The molecule has 1 atom stereocenters. The van der Waals surface area contributed by atoms with E-state index in [2.05, 4.69) is 4.74 Å². The van der Waals surface area contributed by atoms with E-state index in [9.17, 15) is 18.0 Å². The molecular formula is C10H8F3NO2. The Balaban J connectivity index is 2.32. The number of amides is 1. The molecule has 0 bridgehead atoms. The van der Waals surface area contributed by atoms with E-state index >= 15 is 0 Å². The highest BCUT2D eigenvalue weighted by molar-refractivity contribution is 5.71. The fraction of sp³-hybridized carbons (Fsp3) is 0.300. The lowest BCUT2D eigenvalue weighted by atomic mass is 10.1. The summed E-state index contributed by atoms with van der Waals surface area (Å²) in [4.78, 5) is 10.8. The maximum Gasteiger partial charge on any atom is 0.490 e. The van der Waals surface area contributed by atoms with Crippen LogP contribution in [0.25, 0.3) is 0 Å². The largest absolute Gasteiger partial charge is 0.490 e. The Labute approximate surface area is 89.4 Å². The van der Waals surface area contributed by atoms with Gasteiger partial charge in [-0.05, 0) is 5.56 Å². The summed E-state index contributed by atoms with van der Waals surface area (Å²) < 4.78 is 42.1. The van der Waals surface area contributed by atoms with Crippen LogP contribution < -0.4 is 0 Å². The third-order valence-electron chi connectivity index (χ3n) is 2.33. The average molecular weight is 231 g/mol. The number of nitrogens with zero attached hydrogens (tertiary/aromatic N) is 1. The van der Waals surface area contributed by atoms with Gasteiger partial charge in [0.05, 0.1) is 0 Å². The van der Waals surface area contributed by atoms with Crippen LogP contribution in [0.5, 0.6) is 0 Å². The predicted octanol–water partition coefficient (Wildman–Crippen LogP) is 2.70. The molecule has 1 aromatic rings. The van der Waals surface area contributed by atoms with Crippen LogP contribution in [0.2, 0.25) is 0 Å². The van der Waals surface area contributed by atoms with Crippen molar-refractivity contribution >= 4 is 6.09 Å². The minimum Gasteiger partial charge on any atom is -0.447 e. The Bertz CT molecular complexity index is 391. The lowest BCUT2D eigenvalue weighted by Crippen LogP contribution is -2.40. The first kappa shape index (κ1) is 10.8. The molecule has 1 saturated heterocycles. The SMILES string of the molecule is O=C1OCC(c2ccccc2)N1C(F)(F)F. The molecule has 86 valence electrons. The van der Waals surface area contributed by atoms with Crippen LogP contribution in [-0.4, -0.2) is 23.9 Å². The van der Waals surface area contributed by atoms with Gasteiger partial charge in [0.25, 0.3) is 0 Å². The van der Waals surface area contributed by atoms with Crippen LogP contribution in [0.4, 0.5) is 18.0 Å². The zero-order chi connectivity index (χ0) is 11.8. The molecule has 0 aromatic heterocycles. The monoisotopic (exact) mass is 231 g/mol. The summed E-state index contributed by atoms with van der Waals surface area (Å²) in [6.07, 6.45) is -6.06. The van der Waals surface area contributed by atoms with Gasteiger partial charge in [0, 0.05) is 0 Å². The van der Waals surface area contributed by atoms with Gasteiger partial charge in [-0.3, -0.25) is 0 Å². The number of benzene rings is 1. The van der Waals surface area contributed by atoms with E-state index < -0.39 is 18.4 Å². The van der Waals surface area contributed by atoms with Crippen molar-refractivity contribution in [2.75, 3.05) is 6.61 Å². The lowest BCUT2D eigenvalue weighted by molar-refractivity contribution is -0.230. The number of ether oxygens (including phenoxy) is 1. The van der Waals surface area contributed by atoms with Gasteiger partial charge in [-0.2, -0.15) is 0 Å². The highest BCUT2D eigenvalue weighted by Gasteiger charge is 2.51. The van der Waals surface area contributed by atoms with Crippen molar-refractivity contribution in [3.63, 3.8) is 0 Å². The topological polar surface area (TPSA) is 29.5 Å². The number of cyclic esters (lactones) is 1. The normalized spacial score (nSPS) is 21.1. The van der Waals surface area contributed by atoms with Crippen LogP contribution in [0.15, 0.2) is 30.3 Å². The van der Waals surface area contributed by atoms with E-state index in [4.69, 9.17) is 0 Å². The average Bonchev–Trinajstić information content (AvgIpc) is 2.61. The van der Waals surface area contributed by atoms with Crippen LogP contribution >= 0.6 is 0 Å². The van der Waals surface area contributed by atoms with Crippen molar-refractivity contribution in [1.29, 1.82) is 0 Å². The molecule has 1 aliphatic rings. The molecule has 0 N–H and O–H groups in total. The van der Waals surface area contributed by atoms with Gasteiger partial charge >= 0.3 is 12.4 Å². The second-order valence-electron chi connectivity index (χ2n) is 3.34. The fourth-order valence-electron chi connectivity index (χ4n) is 1.62. The zero-order valence-electron chi connectivity index (χ0n) is 8.07. The van der Waals surface area contributed by atoms with Gasteiger partial charge < -0.3 is 4.74 Å². The minimum absolute atomic E-state index is 0.192. The quantitative estimate of drug-likeness (QED) is 0.695. The summed E-state index contributed by atoms with van der Waals surface area (Å²) in [6.45, 7) is -0.275. The fourth-order valence-corrected chi connectivity index (χ4v) is 1.62. The molecule has 3 nitrogen and oxygen atoms in total. The molecule has 0 saturated carbocycles. The number of alkyl halides is 3. The van der Waals surface area contributed by atoms with E-state index in [1.165, 1.54) is 12.1 Å². The van der Waals surface area contributed by atoms with Crippen molar-refractivity contribution < 1.29 is 22.7 Å². The van der Waals surface area contributed by atoms with Crippen molar-refractivity contribution in [2.45, 2.75) is 12.3 Å². The van der Waals surface area contributed by atoms with E-state index in [1.54, 1.807) is 18.2 Å². The molecule has 2 rings (SSSR count). The Morgan fingerprint density at radius 2 is 1.88 bits per heavy atom. The maximum absolute atomic E-state index is 12.6. The van der Waals surface area contributed by atoms with Crippen LogP contribution in [0.3, 0.4) is 0 Å². The zero-order valence-corrected chi connectivity index (χ0v) is 8.07. The van der Waals surface area contributed by atoms with E-state index in [1.807, 2.05) is 0 Å². The summed E-state index contributed by atoms with van der Waals surface area (Å²) in [5.41, 5.74) is 0.408. The van der Waals surface area contributed by atoms with Crippen molar-refractivity contribution in [2.24, 2.45) is 0 Å². The number of carbonyl (C=O) groups is 1. The number of hydrogen-bond donors (Lipinski definition) is 0. The smallest absolute Gasteiger partial charge is 0.447 e. The summed E-state index contributed by atoms with van der Waals surface area (Å²) in [5.74, 6) is 0. The molecule has 6 heteroatoms. The lowest BCUT2D eigenvalue weighted by Gasteiger charge is -2.23. The highest BCUT2D eigenvalue weighted by atomic mass is 19.4. The maximum atomic E-state index is 12.6. The molecule has 0 aliphatic carbocycles. The van der Waals surface area contributed by atoms with E-state index in [0.29, 0.717) is 5.56 Å². The van der Waals surface area contributed by atoms with Gasteiger partial charge in [0.15, 0.2) is 0 Å². The molecule has 0 radical (unpaired) electrons. The third-order valence-corrected chi connectivity index (χ3v) is 2.33. The van der Waals surface area contributed by atoms with Crippen molar-refractivity contribution in [3.05, 3.63) is 35.9 Å². The van der Waals surface area contributed by atoms with Crippen LogP contribution in [0.1, 0.15) is 11.6 Å². The molecule has 0 spiro atoms. The van der Waals surface area contributed by atoms with Crippen molar-refractivity contribution in [1.82, 2.24) is 4.90 Å². The Morgan fingerprint density at radius 3 is 2.44 bits per heavy atom. The molecule has 16 heavy (non-hydrogen) atoms. The Hall–Kier alpha value is -1.72. The first-order valence-electron chi connectivity index (χ1n) is 4.58. The van der Waals surface area contributed by atoms with E-state index in [0.717, 1.165) is 0 Å². The van der Waals surface area contributed by atoms with Gasteiger partial charge in [-0.1, -0.05) is 30.3 Å². The number of rotatable bonds is 1. The number of carbonyl (C=O) groups excluding carboxylic acids is 1. The first-order chi connectivity index (χ1) is 7.50. The summed E-state index contributed by atoms with van der Waals surface area (Å²) in [5, 5.41) is 0. The van der Waals surface area contributed by atoms with Crippen LogP contribution in [-0.2, 0) is 4.74 Å². The standard InChI is InChI=1S/C10H8F3NO2/c11-10(12,13)14-8(6-16-9(14)15)7-4-2-1-3-5-7/h1-5,8H,6H2. The molecule has 1 fully saturated rings. The van der Waals surface area contributed by atoms with Gasteiger partial charge in [0.2, 0.25) is 0 Å². The Morgan fingerprint density at radius 1 is 1.25 bits per heavy atom. The second-order valence-corrected chi connectivity index (χ2v) is 3.34. The van der Waals surface area contributed by atoms with Gasteiger partial charge in [0.1, 0.15) is 12.6 Å². The van der Waals surface area contributed by atoms with Gasteiger partial charge in [-0.25, -0.2) is 9.69 Å². The number of hydrogen-bond acceptors (Lipinski definition) is 2.